The number of hydrogen-bond donors (Lipinski definition) is 2. The second-order valence-electron chi connectivity index (χ2n) is 4.43. The molecule has 5 nitrogen and oxygen atoms in total. The molecule has 2 aromatic heterocycles. The molecule has 0 aliphatic carbocycles. The fourth-order valence-corrected chi connectivity index (χ4v) is 2.03. The monoisotopic (exact) mass is 283 g/mol. The lowest BCUT2D eigenvalue weighted by Crippen LogP contribution is -2.06. The van der Waals surface area contributed by atoms with Crippen molar-refractivity contribution in [1.29, 1.82) is 0 Å². The summed E-state index contributed by atoms with van der Waals surface area (Å²) in [5.74, 6) is -0.00159. The third-order valence-electron chi connectivity index (χ3n) is 2.96. The predicted molar refractivity (Wildman–Crippen MR) is 81.2 cm³/mol. The molecular formula is C15H14FN5. The van der Waals surface area contributed by atoms with Crippen LogP contribution in [0.15, 0.2) is 42.7 Å². The zero-order chi connectivity index (χ0) is 14.7. The van der Waals surface area contributed by atoms with Crippen LogP contribution in [-0.4, -0.2) is 21.5 Å². The van der Waals surface area contributed by atoms with Crippen LogP contribution >= 0.6 is 0 Å². The van der Waals surface area contributed by atoms with E-state index in [9.17, 15) is 4.39 Å². The van der Waals surface area contributed by atoms with E-state index in [4.69, 9.17) is 0 Å². The maximum absolute atomic E-state index is 13.9. The molecule has 0 spiro atoms. The Morgan fingerprint density at radius 1 is 1.14 bits per heavy atom. The maximum atomic E-state index is 13.9. The highest BCUT2D eigenvalue weighted by molar-refractivity contribution is 5.91. The van der Waals surface area contributed by atoms with E-state index in [-0.39, 0.29) is 5.82 Å². The van der Waals surface area contributed by atoms with Gasteiger partial charge in [-0.3, -0.25) is 4.98 Å². The van der Waals surface area contributed by atoms with Crippen molar-refractivity contribution in [2.75, 3.05) is 17.2 Å². The van der Waals surface area contributed by atoms with Crippen LogP contribution in [0.1, 0.15) is 6.92 Å². The molecule has 0 saturated heterocycles. The molecule has 3 aromatic rings. The van der Waals surface area contributed by atoms with Gasteiger partial charge in [0.2, 0.25) is 5.95 Å². The minimum absolute atomic E-state index is 0.124. The number of hydrogen-bond acceptors (Lipinski definition) is 5. The van der Waals surface area contributed by atoms with Gasteiger partial charge in [-0.2, -0.15) is 4.98 Å². The molecule has 0 radical (unpaired) electrons. The van der Waals surface area contributed by atoms with Gasteiger partial charge in [0, 0.05) is 18.1 Å². The molecule has 6 heteroatoms. The van der Waals surface area contributed by atoms with Crippen LogP contribution < -0.4 is 10.6 Å². The molecule has 0 aliphatic heterocycles. The van der Waals surface area contributed by atoms with Gasteiger partial charge < -0.3 is 10.6 Å². The van der Waals surface area contributed by atoms with Crippen molar-refractivity contribution in [2.24, 2.45) is 0 Å². The molecule has 0 aliphatic rings. The second-order valence-corrected chi connectivity index (χ2v) is 4.43. The van der Waals surface area contributed by atoms with E-state index >= 15 is 0 Å². The smallest absolute Gasteiger partial charge is 0.224 e. The van der Waals surface area contributed by atoms with Gasteiger partial charge in [-0.25, -0.2) is 9.37 Å². The van der Waals surface area contributed by atoms with Gasteiger partial charge in [0.05, 0.1) is 17.4 Å². The van der Waals surface area contributed by atoms with Crippen molar-refractivity contribution in [2.45, 2.75) is 6.92 Å². The lowest BCUT2D eigenvalue weighted by atomic mass is 10.2. The van der Waals surface area contributed by atoms with Gasteiger partial charge >= 0.3 is 0 Å². The van der Waals surface area contributed by atoms with Crippen molar-refractivity contribution >= 4 is 28.4 Å². The van der Waals surface area contributed by atoms with E-state index in [1.165, 1.54) is 0 Å². The topological polar surface area (TPSA) is 62.7 Å². The lowest BCUT2D eigenvalue weighted by molar-refractivity contribution is 0.619. The molecular weight excluding hydrogens is 269 g/mol. The van der Waals surface area contributed by atoms with Gasteiger partial charge in [-0.15, -0.1) is 0 Å². The molecule has 3 rings (SSSR count). The van der Waals surface area contributed by atoms with E-state index in [2.05, 4.69) is 25.6 Å². The molecule has 2 heterocycles. The number of fused-ring (bicyclic) bond motifs is 1. The summed E-state index contributed by atoms with van der Waals surface area (Å²) in [4.78, 5) is 12.3. The van der Waals surface area contributed by atoms with Crippen molar-refractivity contribution in [3.63, 3.8) is 0 Å². The maximum Gasteiger partial charge on any atom is 0.224 e. The Hall–Kier alpha value is -2.76. The quantitative estimate of drug-likeness (QED) is 0.769. The Morgan fingerprint density at radius 2 is 2.00 bits per heavy atom. The molecule has 21 heavy (non-hydrogen) atoms. The fourth-order valence-electron chi connectivity index (χ4n) is 2.03. The molecule has 0 unspecified atom stereocenters. The first-order valence-electron chi connectivity index (χ1n) is 6.65. The number of anilines is 3. The first kappa shape index (κ1) is 13.2. The third-order valence-corrected chi connectivity index (χ3v) is 2.96. The predicted octanol–water partition coefficient (Wildman–Crippen LogP) is 3.34. The number of nitrogens with one attached hydrogen (secondary N) is 2. The van der Waals surface area contributed by atoms with Crippen LogP contribution in [0.2, 0.25) is 0 Å². The summed E-state index contributed by atoms with van der Waals surface area (Å²) < 4.78 is 13.9. The lowest BCUT2D eigenvalue weighted by Gasteiger charge is -2.10. The molecule has 1 aromatic carbocycles. The van der Waals surface area contributed by atoms with Crippen LogP contribution in [0.25, 0.3) is 10.9 Å². The minimum atomic E-state index is -0.510. The summed E-state index contributed by atoms with van der Waals surface area (Å²) in [7, 11) is 0. The summed E-state index contributed by atoms with van der Waals surface area (Å²) in [6.45, 7) is 2.59. The molecule has 0 atom stereocenters. The molecule has 0 fully saturated rings. The van der Waals surface area contributed by atoms with Crippen LogP contribution in [0, 0.1) is 5.82 Å². The van der Waals surface area contributed by atoms with Crippen molar-refractivity contribution in [1.82, 2.24) is 15.0 Å². The van der Waals surface area contributed by atoms with Gasteiger partial charge in [0.1, 0.15) is 0 Å². The SMILES string of the molecule is CCNc1ncc(F)c(Nc2cccc3cccnc23)n1. The van der Waals surface area contributed by atoms with Gasteiger partial charge in [-0.1, -0.05) is 18.2 Å². The van der Waals surface area contributed by atoms with E-state index < -0.39 is 5.82 Å². The van der Waals surface area contributed by atoms with Crippen molar-refractivity contribution < 1.29 is 4.39 Å². The zero-order valence-electron chi connectivity index (χ0n) is 11.5. The molecule has 0 bridgehead atoms. The summed E-state index contributed by atoms with van der Waals surface area (Å²) in [5.41, 5.74) is 1.47. The Kier molecular flexibility index (Phi) is 3.59. The molecule has 0 saturated carbocycles. The first-order chi connectivity index (χ1) is 10.3. The zero-order valence-corrected chi connectivity index (χ0v) is 11.5. The fraction of sp³-hybridized carbons (Fsp3) is 0.133. The highest BCUT2D eigenvalue weighted by atomic mass is 19.1. The molecule has 0 amide bonds. The number of rotatable bonds is 4. The summed E-state index contributed by atoms with van der Waals surface area (Å²) in [6, 6.07) is 9.49. The third kappa shape index (κ3) is 2.74. The number of aromatic nitrogens is 3. The van der Waals surface area contributed by atoms with Crippen LogP contribution in [0.4, 0.5) is 21.8 Å². The number of nitrogens with zero attached hydrogens (tertiary/aromatic N) is 3. The minimum Gasteiger partial charge on any atom is -0.354 e. The van der Waals surface area contributed by atoms with E-state index in [0.717, 1.165) is 17.1 Å². The Labute approximate surface area is 121 Å². The number of halogens is 1. The van der Waals surface area contributed by atoms with Gasteiger partial charge in [-0.05, 0) is 19.1 Å². The average molecular weight is 283 g/mol. The Balaban J connectivity index is 2.00. The van der Waals surface area contributed by atoms with E-state index in [1.54, 1.807) is 6.20 Å². The Bertz CT molecular complexity index is 770. The van der Waals surface area contributed by atoms with Crippen LogP contribution in [0.3, 0.4) is 0 Å². The number of pyridine rings is 1. The van der Waals surface area contributed by atoms with E-state index in [1.807, 2.05) is 37.3 Å². The van der Waals surface area contributed by atoms with Gasteiger partial charge in [0.15, 0.2) is 11.6 Å². The molecule has 2 N–H and O–H groups in total. The van der Waals surface area contributed by atoms with Gasteiger partial charge in [0.25, 0.3) is 0 Å². The van der Waals surface area contributed by atoms with E-state index in [0.29, 0.717) is 18.2 Å². The Morgan fingerprint density at radius 3 is 2.86 bits per heavy atom. The van der Waals surface area contributed by atoms with Crippen molar-refractivity contribution in [3.8, 4) is 0 Å². The summed E-state index contributed by atoms with van der Waals surface area (Å²) >= 11 is 0. The first-order valence-corrected chi connectivity index (χ1v) is 6.65. The number of benzene rings is 1. The van der Waals surface area contributed by atoms with Crippen LogP contribution in [-0.2, 0) is 0 Å². The average Bonchev–Trinajstić information content (AvgIpc) is 2.51. The van der Waals surface area contributed by atoms with Crippen LogP contribution in [0.5, 0.6) is 0 Å². The highest BCUT2D eigenvalue weighted by Crippen LogP contribution is 2.25. The number of para-hydroxylation sites is 1. The summed E-state index contributed by atoms with van der Waals surface area (Å²) in [6.07, 6.45) is 2.85. The molecule has 106 valence electrons. The normalized spacial score (nSPS) is 10.6. The largest absolute Gasteiger partial charge is 0.354 e. The standard InChI is InChI=1S/C15H14FN5/c1-2-17-15-19-9-11(16)14(21-15)20-12-7-3-5-10-6-4-8-18-13(10)12/h3-9H,2H2,1H3,(H2,17,19,20,21). The highest BCUT2D eigenvalue weighted by Gasteiger charge is 2.09. The second kappa shape index (κ2) is 5.70. The summed E-state index contributed by atoms with van der Waals surface area (Å²) in [5, 5.41) is 6.91. The van der Waals surface area contributed by atoms with Crippen molar-refractivity contribution in [3.05, 3.63) is 48.5 Å².